The van der Waals surface area contributed by atoms with Gasteiger partial charge < -0.3 is 10.2 Å². The second kappa shape index (κ2) is 8.21. The van der Waals surface area contributed by atoms with Crippen molar-refractivity contribution in [3.8, 4) is 0 Å². The van der Waals surface area contributed by atoms with Gasteiger partial charge in [-0.2, -0.15) is 5.10 Å². The molecule has 28 heavy (non-hydrogen) atoms. The maximum atomic E-state index is 11.8. The lowest BCUT2D eigenvalue weighted by Crippen LogP contribution is -2.31. The Labute approximate surface area is 172 Å². The molecule has 2 heterocycles. The van der Waals surface area contributed by atoms with Crippen molar-refractivity contribution >= 4 is 32.9 Å². The van der Waals surface area contributed by atoms with Crippen LogP contribution in [-0.2, 0) is 22.8 Å². The van der Waals surface area contributed by atoms with E-state index in [9.17, 15) is 8.42 Å². The minimum atomic E-state index is -2.94. The molecule has 1 N–H and O–H groups in total. The van der Waals surface area contributed by atoms with E-state index in [0.29, 0.717) is 18.1 Å². The molecule has 1 aliphatic heterocycles. The van der Waals surface area contributed by atoms with E-state index in [4.69, 9.17) is 12.2 Å². The predicted octanol–water partition coefficient (Wildman–Crippen LogP) is 3.25. The third-order valence-electron chi connectivity index (χ3n) is 5.38. The Morgan fingerprint density at radius 1 is 1.32 bits per heavy atom. The lowest BCUT2D eigenvalue weighted by atomic mass is 10.1. The van der Waals surface area contributed by atoms with Gasteiger partial charge in [0.2, 0.25) is 0 Å². The molecule has 0 amide bonds. The van der Waals surface area contributed by atoms with Crippen LogP contribution in [0.5, 0.6) is 0 Å². The van der Waals surface area contributed by atoms with Gasteiger partial charge in [0.25, 0.3) is 0 Å². The summed E-state index contributed by atoms with van der Waals surface area (Å²) < 4.78 is 25.5. The quantitative estimate of drug-likeness (QED) is 0.749. The number of hydrogen-bond donors (Lipinski definition) is 1. The fourth-order valence-electron chi connectivity index (χ4n) is 3.60. The normalized spacial score (nSPS) is 18.2. The number of rotatable bonds is 5. The third-order valence-corrected chi connectivity index (χ3v) is 7.55. The Kier molecular flexibility index (Phi) is 6.09. The molecular weight excluding hydrogens is 392 g/mol. The largest absolute Gasteiger partial charge is 0.348 e. The number of nitrogens with zero attached hydrogens (tertiary/aromatic N) is 3. The molecule has 2 aromatic rings. The molecule has 8 heteroatoms. The number of anilines is 1. The van der Waals surface area contributed by atoms with Gasteiger partial charge in [-0.15, -0.1) is 0 Å². The molecule has 0 saturated carbocycles. The van der Waals surface area contributed by atoms with Gasteiger partial charge in [-0.25, -0.2) is 8.42 Å². The van der Waals surface area contributed by atoms with Crippen molar-refractivity contribution in [2.24, 2.45) is 0 Å². The summed E-state index contributed by atoms with van der Waals surface area (Å²) in [6, 6.07) is 8.20. The molecule has 3 rings (SSSR count). The van der Waals surface area contributed by atoms with Gasteiger partial charge in [-0.3, -0.25) is 4.68 Å². The van der Waals surface area contributed by atoms with Crippen molar-refractivity contribution < 1.29 is 8.42 Å². The molecule has 0 radical (unpaired) electrons. The van der Waals surface area contributed by atoms with Gasteiger partial charge in [0.05, 0.1) is 23.2 Å². The van der Waals surface area contributed by atoms with Crippen LogP contribution >= 0.6 is 12.2 Å². The highest BCUT2D eigenvalue weighted by molar-refractivity contribution is 7.91. The van der Waals surface area contributed by atoms with Crippen LogP contribution in [0.15, 0.2) is 24.3 Å². The maximum Gasteiger partial charge on any atom is 0.173 e. The summed E-state index contributed by atoms with van der Waals surface area (Å²) in [6.07, 6.45) is 1.64. The fraction of sp³-hybridized carbons (Fsp3) is 0.500. The van der Waals surface area contributed by atoms with E-state index in [0.717, 1.165) is 29.1 Å². The van der Waals surface area contributed by atoms with Crippen LogP contribution in [0.2, 0.25) is 0 Å². The molecule has 1 aliphatic rings. The molecule has 0 spiro atoms. The molecule has 1 fully saturated rings. The smallest absolute Gasteiger partial charge is 0.173 e. The fourth-order valence-corrected chi connectivity index (χ4v) is 5.48. The Hall–Kier alpha value is -1.93. The standard InChI is InChI=1S/C20H28N4O2S2/c1-5-16-6-8-17(9-7-16)21-20(27)23(4)12-19-14(2)22-24(15(19)3)18-10-11-28(25,26)13-18/h6-9,18H,5,10-13H2,1-4H3,(H,21,27)/t18-/m0/s1. The molecule has 1 saturated heterocycles. The second-order valence-corrected chi connectivity index (χ2v) is 10.1. The van der Waals surface area contributed by atoms with Gasteiger partial charge in [0.15, 0.2) is 14.9 Å². The Bertz CT molecular complexity index is 965. The van der Waals surface area contributed by atoms with Gasteiger partial charge in [-0.1, -0.05) is 19.1 Å². The van der Waals surface area contributed by atoms with Crippen molar-refractivity contribution in [2.45, 2.75) is 46.2 Å². The van der Waals surface area contributed by atoms with Crippen molar-refractivity contribution in [1.29, 1.82) is 0 Å². The molecular formula is C20H28N4O2S2. The number of aryl methyl sites for hydroxylation is 2. The minimum Gasteiger partial charge on any atom is -0.348 e. The molecule has 6 nitrogen and oxygen atoms in total. The minimum absolute atomic E-state index is 0.0649. The maximum absolute atomic E-state index is 11.8. The first kappa shape index (κ1) is 20.8. The summed E-state index contributed by atoms with van der Waals surface area (Å²) in [6.45, 7) is 6.73. The molecule has 0 bridgehead atoms. The number of nitrogens with one attached hydrogen (secondary N) is 1. The van der Waals surface area contributed by atoms with Gasteiger partial charge in [0, 0.05) is 30.5 Å². The molecule has 152 valence electrons. The van der Waals surface area contributed by atoms with Crippen LogP contribution in [0.3, 0.4) is 0 Å². The van der Waals surface area contributed by atoms with E-state index in [1.807, 2.05) is 42.6 Å². The molecule has 1 atom stereocenters. The number of hydrogen-bond acceptors (Lipinski definition) is 4. The van der Waals surface area contributed by atoms with Crippen LogP contribution in [0.1, 0.15) is 41.9 Å². The molecule has 0 unspecified atom stereocenters. The summed E-state index contributed by atoms with van der Waals surface area (Å²) in [4.78, 5) is 1.98. The highest BCUT2D eigenvalue weighted by atomic mass is 32.2. The van der Waals surface area contributed by atoms with Crippen LogP contribution in [-0.4, -0.2) is 46.8 Å². The van der Waals surface area contributed by atoms with Gasteiger partial charge in [0.1, 0.15) is 0 Å². The number of aromatic nitrogens is 2. The van der Waals surface area contributed by atoms with E-state index in [1.54, 1.807) is 0 Å². The van der Waals surface area contributed by atoms with E-state index in [2.05, 4.69) is 29.5 Å². The van der Waals surface area contributed by atoms with E-state index in [-0.39, 0.29) is 17.5 Å². The van der Waals surface area contributed by atoms with E-state index in [1.165, 1.54) is 5.56 Å². The van der Waals surface area contributed by atoms with Crippen molar-refractivity contribution in [1.82, 2.24) is 14.7 Å². The summed E-state index contributed by atoms with van der Waals surface area (Å²) in [5.41, 5.74) is 5.29. The first-order valence-corrected chi connectivity index (χ1v) is 11.8. The molecule has 1 aromatic heterocycles. The predicted molar refractivity (Wildman–Crippen MR) is 118 cm³/mol. The van der Waals surface area contributed by atoms with Crippen molar-refractivity contribution in [2.75, 3.05) is 23.9 Å². The highest BCUT2D eigenvalue weighted by Crippen LogP contribution is 2.27. The molecule has 0 aliphatic carbocycles. The average molecular weight is 421 g/mol. The van der Waals surface area contributed by atoms with Crippen molar-refractivity contribution in [3.63, 3.8) is 0 Å². The van der Waals surface area contributed by atoms with E-state index >= 15 is 0 Å². The van der Waals surface area contributed by atoms with Crippen LogP contribution in [0, 0.1) is 13.8 Å². The van der Waals surface area contributed by atoms with Gasteiger partial charge >= 0.3 is 0 Å². The van der Waals surface area contributed by atoms with Crippen molar-refractivity contribution in [3.05, 3.63) is 46.8 Å². The highest BCUT2D eigenvalue weighted by Gasteiger charge is 2.31. The molecule has 1 aromatic carbocycles. The second-order valence-electron chi connectivity index (χ2n) is 7.49. The number of thiocarbonyl (C=S) groups is 1. The topological polar surface area (TPSA) is 67.2 Å². The summed E-state index contributed by atoms with van der Waals surface area (Å²) in [5.74, 6) is 0.425. The first-order chi connectivity index (χ1) is 13.2. The summed E-state index contributed by atoms with van der Waals surface area (Å²) in [5, 5.41) is 8.55. The zero-order chi connectivity index (χ0) is 20.5. The zero-order valence-corrected chi connectivity index (χ0v) is 18.5. The summed E-state index contributed by atoms with van der Waals surface area (Å²) >= 11 is 5.56. The number of benzene rings is 1. The Morgan fingerprint density at radius 2 is 2.00 bits per heavy atom. The lowest BCUT2D eigenvalue weighted by Gasteiger charge is -2.21. The monoisotopic (exact) mass is 420 g/mol. The third kappa shape index (κ3) is 4.55. The Balaban J connectivity index is 1.69. The first-order valence-electron chi connectivity index (χ1n) is 9.56. The lowest BCUT2D eigenvalue weighted by molar-refractivity contribution is 0.479. The van der Waals surface area contributed by atoms with Crippen LogP contribution in [0.25, 0.3) is 0 Å². The van der Waals surface area contributed by atoms with Crippen LogP contribution in [0.4, 0.5) is 5.69 Å². The van der Waals surface area contributed by atoms with Gasteiger partial charge in [-0.05, 0) is 56.6 Å². The Morgan fingerprint density at radius 3 is 2.57 bits per heavy atom. The number of sulfone groups is 1. The average Bonchev–Trinajstić information content (AvgIpc) is 3.15. The SMILES string of the molecule is CCc1ccc(NC(=S)N(C)Cc2c(C)nn([C@H]3CCS(=O)(=O)C3)c2C)cc1. The summed E-state index contributed by atoms with van der Waals surface area (Å²) in [7, 11) is -0.992. The van der Waals surface area contributed by atoms with Crippen LogP contribution < -0.4 is 5.32 Å². The van der Waals surface area contributed by atoms with E-state index < -0.39 is 9.84 Å². The zero-order valence-electron chi connectivity index (χ0n) is 16.9.